The molecule has 4 aliphatic rings. The summed E-state index contributed by atoms with van der Waals surface area (Å²) in [6, 6.07) is 8.10. The molecule has 0 bridgehead atoms. The van der Waals surface area contributed by atoms with Gasteiger partial charge in [-0.3, -0.25) is 4.79 Å². The minimum atomic E-state index is -0.838. The van der Waals surface area contributed by atoms with E-state index in [1.807, 2.05) is 32.3 Å². The molecule has 1 aromatic carbocycles. The van der Waals surface area contributed by atoms with E-state index in [2.05, 4.69) is 41.5 Å². The SMILES string of the molecule is CC12CC=C3C=C4CC(O)CCC4CC[C@]3(O)C1CC=C2c1ccc2cc[nH]c(=O)c2c1.CNC. The molecule has 5 heteroatoms. The summed E-state index contributed by atoms with van der Waals surface area (Å²) in [5, 5.41) is 26.7. The van der Waals surface area contributed by atoms with Gasteiger partial charge in [0.05, 0.1) is 11.7 Å². The maximum absolute atomic E-state index is 12.4. The monoisotopic (exact) mass is 474 g/mol. The van der Waals surface area contributed by atoms with Crippen LogP contribution in [0.2, 0.25) is 0 Å². The molecule has 0 amide bonds. The first-order chi connectivity index (χ1) is 16.8. The third-order valence-electron chi connectivity index (χ3n) is 8.91. The van der Waals surface area contributed by atoms with Crippen LogP contribution in [-0.4, -0.2) is 41.0 Å². The van der Waals surface area contributed by atoms with Gasteiger partial charge in [-0.1, -0.05) is 42.9 Å². The van der Waals surface area contributed by atoms with E-state index in [1.165, 1.54) is 11.1 Å². The number of benzene rings is 1. The summed E-state index contributed by atoms with van der Waals surface area (Å²) in [5.41, 5.74) is 3.67. The van der Waals surface area contributed by atoms with Crippen molar-refractivity contribution in [2.75, 3.05) is 14.1 Å². The lowest BCUT2D eigenvalue weighted by molar-refractivity contribution is -0.0330. The molecule has 0 saturated heterocycles. The maximum atomic E-state index is 12.4. The van der Waals surface area contributed by atoms with Crippen molar-refractivity contribution in [1.29, 1.82) is 0 Å². The molecule has 0 radical (unpaired) electrons. The van der Waals surface area contributed by atoms with Crippen LogP contribution >= 0.6 is 0 Å². The highest BCUT2D eigenvalue weighted by Gasteiger charge is 2.55. The Kier molecular flexibility index (Phi) is 6.37. The number of pyridine rings is 1. The van der Waals surface area contributed by atoms with Gasteiger partial charge in [0.15, 0.2) is 0 Å². The summed E-state index contributed by atoms with van der Waals surface area (Å²) in [6.07, 6.45) is 14.3. The van der Waals surface area contributed by atoms with Crippen LogP contribution in [0.1, 0.15) is 57.4 Å². The Morgan fingerprint density at radius 2 is 1.91 bits per heavy atom. The predicted molar refractivity (Wildman–Crippen MR) is 142 cm³/mol. The molecule has 4 N–H and O–H groups in total. The number of hydrogen-bond donors (Lipinski definition) is 4. The lowest BCUT2D eigenvalue weighted by Crippen LogP contribution is -2.48. The van der Waals surface area contributed by atoms with Crippen LogP contribution in [0.15, 0.2) is 64.6 Å². The molecule has 0 spiro atoms. The van der Waals surface area contributed by atoms with Gasteiger partial charge < -0.3 is 20.5 Å². The van der Waals surface area contributed by atoms with E-state index < -0.39 is 5.60 Å². The van der Waals surface area contributed by atoms with Crippen molar-refractivity contribution in [3.63, 3.8) is 0 Å². The fourth-order valence-electron chi connectivity index (χ4n) is 7.11. The lowest BCUT2D eigenvalue weighted by Gasteiger charge is -2.48. The van der Waals surface area contributed by atoms with E-state index in [0.717, 1.165) is 61.5 Å². The summed E-state index contributed by atoms with van der Waals surface area (Å²) >= 11 is 0. The molecule has 1 aromatic heterocycles. The maximum Gasteiger partial charge on any atom is 0.255 e. The molecule has 5 nitrogen and oxygen atoms in total. The molecular formula is C30H38N2O3. The fraction of sp³-hybridized carbons (Fsp3) is 0.500. The Balaban J connectivity index is 0.000000806. The second kappa shape index (κ2) is 9.20. The summed E-state index contributed by atoms with van der Waals surface area (Å²) in [5.74, 6) is 0.609. The molecular weight excluding hydrogens is 436 g/mol. The minimum Gasteiger partial charge on any atom is -0.393 e. The quantitative estimate of drug-likeness (QED) is 0.482. The third kappa shape index (κ3) is 4.04. The molecule has 0 aliphatic heterocycles. The predicted octanol–water partition coefficient (Wildman–Crippen LogP) is 4.72. The number of hydrogen-bond acceptors (Lipinski definition) is 4. The molecule has 5 atom stereocenters. The molecule has 35 heavy (non-hydrogen) atoms. The van der Waals surface area contributed by atoms with Gasteiger partial charge in [-0.15, -0.1) is 0 Å². The van der Waals surface area contributed by atoms with E-state index >= 15 is 0 Å². The smallest absolute Gasteiger partial charge is 0.255 e. The number of aliphatic hydroxyl groups excluding tert-OH is 1. The van der Waals surface area contributed by atoms with Crippen LogP contribution in [0.4, 0.5) is 0 Å². The van der Waals surface area contributed by atoms with Crippen LogP contribution in [0.25, 0.3) is 16.3 Å². The van der Waals surface area contributed by atoms with Crippen molar-refractivity contribution in [2.45, 2.75) is 63.6 Å². The van der Waals surface area contributed by atoms with E-state index in [9.17, 15) is 15.0 Å². The number of aromatic nitrogens is 1. The number of H-pyrrole nitrogens is 1. The molecule has 186 valence electrons. The first-order valence-corrected chi connectivity index (χ1v) is 13.0. The molecule has 4 aliphatic carbocycles. The van der Waals surface area contributed by atoms with Crippen LogP contribution in [-0.2, 0) is 0 Å². The molecule has 4 unspecified atom stereocenters. The zero-order chi connectivity index (χ0) is 24.8. The highest BCUT2D eigenvalue weighted by atomic mass is 16.3. The van der Waals surface area contributed by atoms with Crippen molar-refractivity contribution >= 4 is 16.3 Å². The fourth-order valence-corrected chi connectivity index (χ4v) is 7.11. The Labute approximate surface area is 207 Å². The number of allylic oxidation sites excluding steroid dienone is 3. The Morgan fingerprint density at radius 1 is 1.11 bits per heavy atom. The van der Waals surface area contributed by atoms with E-state index in [0.29, 0.717) is 11.3 Å². The second-order valence-corrected chi connectivity index (χ2v) is 11.1. The van der Waals surface area contributed by atoms with Gasteiger partial charge in [-0.25, -0.2) is 0 Å². The standard InChI is InChI=1S/C28H31NO3.C2H7N/c1-27-11-9-21-14-20-15-22(30)5-4-17(20)8-12-28(21,32)25(27)7-6-24(27)19-3-2-18-10-13-29-26(31)23(18)16-19;1-3-2/h2-3,6,9-10,13-14,16-17,22,25,30,32H,4-5,7-8,11-12,15H2,1H3,(H,29,31);3H,1-2H3/t17?,22?,25?,27?,28-;/m1./s1. The zero-order valence-electron chi connectivity index (χ0n) is 21.1. The van der Waals surface area contributed by atoms with Gasteiger partial charge >= 0.3 is 0 Å². The first-order valence-electron chi connectivity index (χ1n) is 13.0. The molecule has 6 rings (SSSR count). The van der Waals surface area contributed by atoms with Crippen LogP contribution in [0, 0.1) is 17.3 Å². The molecule has 2 aromatic rings. The molecule has 1 heterocycles. The summed E-state index contributed by atoms with van der Waals surface area (Å²) in [6.45, 7) is 2.29. The van der Waals surface area contributed by atoms with Gasteiger partial charge in [-0.05, 0) is 99.2 Å². The Hall–Kier alpha value is -2.47. The van der Waals surface area contributed by atoms with Gasteiger partial charge in [0.1, 0.15) is 0 Å². The van der Waals surface area contributed by atoms with Crippen LogP contribution < -0.4 is 10.9 Å². The minimum absolute atomic E-state index is 0.0608. The Bertz CT molecular complexity index is 1270. The second-order valence-electron chi connectivity index (χ2n) is 11.1. The summed E-state index contributed by atoms with van der Waals surface area (Å²) in [7, 11) is 3.75. The van der Waals surface area contributed by atoms with E-state index in [-0.39, 0.29) is 23.0 Å². The van der Waals surface area contributed by atoms with E-state index in [1.54, 1.807) is 6.20 Å². The molecule has 1 saturated carbocycles. The number of aliphatic hydroxyl groups is 2. The number of aromatic amines is 1. The molecule has 1 fully saturated rings. The number of fused-ring (bicyclic) bond motifs is 5. The van der Waals surface area contributed by atoms with Crippen molar-refractivity contribution in [1.82, 2.24) is 10.3 Å². The summed E-state index contributed by atoms with van der Waals surface area (Å²) in [4.78, 5) is 15.2. The highest BCUT2D eigenvalue weighted by Crippen LogP contribution is 2.61. The highest BCUT2D eigenvalue weighted by molar-refractivity contribution is 5.87. The van der Waals surface area contributed by atoms with Crippen molar-refractivity contribution in [2.24, 2.45) is 17.3 Å². The number of rotatable bonds is 1. The Morgan fingerprint density at radius 3 is 2.71 bits per heavy atom. The average molecular weight is 475 g/mol. The van der Waals surface area contributed by atoms with E-state index in [4.69, 9.17) is 0 Å². The lowest BCUT2D eigenvalue weighted by atomic mass is 9.58. The van der Waals surface area contributed by atoms with Gasteiger partial charge in [0, 0.05) is 22.9 Å². The van der Waals surface area contributed by atoms with Gasteiger partial charge in [0.2, 0.25) is 0 Å². The largest absolute Gasteiger partial charge is 0.393 e. The van der Waals surface area contributed by atoms with Gasteiger partial charge in [-0.2, -0.15) is 0 Å². The van der Waals surface area contributed by atoms with Crippen molar-refractivity contribution in [3.8, 4) is 0 Å². The first kappa shape index (κ1) is 24.2. The van der Waals surface area contributed by atoms with Crippen molar-refractivity contribution < 1.29 is 10.2 Å². The third-order valence-corrected chi connectivity index (χ3v) is 8.91. The number of nitrogens with one attached hydrogen (secondary N) is 2. The zero-order valence-corrected chi connectivity index (χ0v) is 21.1. The average Bonchev–Trinajstić information content (AvgIpc) is 3.12. The topological polar surface area (TPSA) is 85.3 Å². The normalized spacial score (nSPS) is 33.7. The van der Waals surface area contributed by atoms with Crippen LogP contribution in [0.3, 0.4) is 0 Å². The van der Waals surface area contributed by atoms with Crippen LogP contribution in [0.5, 0.6) is 0 Å². The van der Waals surface area contributed by atoms with Gasteiger partial charge in [0.25, 0.3) is 5.56 Å². The summed E-state index contributed by atoms with van der Waals surface area (Å²) < 4.78 is 0. The van der Waals surface area contributed by atoms with Crippen molar-refractivity contribution in [3.05, 3.63) is 75.8 Å².